The van der Waals surface area contributed by atoms with Gasteiger partial charge in [-0.05, 0) is 50.6 Å². The molecule has 0 aliphatic heterocycles. The maximum atomic E-state index is 5.65. The van der Waals surface area contributed by atoms with E-state index in [2.05, 4.69) is 24.0 Å². The van der Waals surface area contributed by atoms with E-state index >= 15 is 0 Å². The zero-order valence-corrected chi connectivity index (χ0v) is 12.3. The molecule has 0 aliphatic rings. The number of hydrogen-bond acceptors (Lipinski definition) is 4. The highest BCUT2D eigenvalue weighted by Gasteiger charge is 2.10. The van der Waals surface area contributed by atoms with Gasteiger partial charge in [0.25, 0.3) is 0 Å². The highest BCUT2D eigenvalue weighted by molar-refractivity contribution is 7.12. The Hall–Kier alpha value is -1.39. The molecule has 0 radical (unpaired) electrons. The summed E-state index contributed by atoms with van der Waals surface area (Å²) in [4.78, 5) is 5.88. The maximum Gasteiger partial charge on any atom is 0.119 e. The van der Waals surface area contributed by atoms with E-state index in [0.717, 1.165) is 41.5 Å². The molecule has 3 nitrogen and oxygen atoms in total. The van der Waals surface area contributed by atoms with Crippen LogP contribution in [0.4, 0.5) is 0 Å². The zero-order chi connectivity index (χ0) is 13.7. The number of nitrogens with two attached hydrogens (primary N) is 1. The fraction of sp³-hybridized carbons (Fsp3) is 0.400. The summed E-state index contributed by atoms with van der Waals surface area (Å²) in [6.07, 6.45) is 1.91. The van der Waals surface area contributed by atoms with Crippen molar-refractivity contribution in [2.75, 3.05) is 13.2 Å². The molecule has 1 heterocycles. The molecule has 0 bridgehead atoms. The summed E-state index contributed by atoms with van der Waals surface area (Å²) in [6.45, 7) is 5.55. The minimum atomic E-state index is 0.659. The zero-order valence-electron chi connectivity index (χ0n) is 11.5. The molecule has 2 N–H and O–H groups in total. The third kappa shape index (κ3) is 3.55. The van der Waals surface area contributed by atoms with Gasteiger partial charge in [0.15, 0.2) is 0 Å². The molecule has 0 fully saturated rings. The number of benzene rings is 1. The van der Waals surface area contributed by atoms with Crippen LogP contribution in [-0.4, -0.2) is 18.1 Å². The van der Waals surface area contributed by atoms with Gasteiger partial charge < -0.3 is 10.5 Å². The Balaban J connectivity index is 2.21. The van der Waals surface area contributed by atoms with Crippen LogP contribution in [0.1, 0.15) is 23.2 Å². The van der Waals surface area contributed by atoms with Gasteiger partial charge >= 0.3 is 0 Å². The van der Waals surface area contributed by atoms with Crippen molar-refractivity contribution < 1.29 is 4.74 Å². The summed E-state index contributed by atoms with van der Waals surface area (Å²) in [5.74, 6) is 0.915. The van der Waals surface area contributed by atoms with Crippen LogP contribution in [0.2, 0.25) is 0 Å². The fourth-order valence-electron chi connectivity index (χ4n) is 1.92. The van der Waals surface area contributed by atoms with Crippen LogP contribution in [0, 0.1) is 6.92 Å². The van der Waals surface area contributed by atoms with Crippen molar-refractivity contribution in [3.05, 3.63) is 34.2 Å². The first kappa shape index (κ1) is 14.0. The molecule has 2 rings (SSSR count). The monoisotopic (exact) mass is 276 g/mol. The molecule has 0 spiro atoms. The molecule has 0 amide bonds. The van der Waals surface area contributed by atoms with Crippen molar-refractivity contribution in [3.63, 3.8) is 0 Å². The molecular formula is C15H20N2OS. The van der Waals surface area contributed by atoms with Gasteiger partial charge in [0, 0.05) is 10.4 Å². The summed E-state index contributed by atoms with van der Waals surface area (Å²) in [5.41, 5.74) is 7.86. The smallest absolute Gasteiger partial charge is 0.119 e. The van der Waals surface area contributed by atoms with Crippen LogP contribution in [-0.2, 0) is 6.42 Å². The molecule has 19 heavy (non-hydrogen) atoms. The summed E-state index contributed by atoms with van der Waals surface area (Å²) in [5, 5.41) is 1.09. The van der Waals surface area contributed by atoms with Gasteiger partial charge in [0.05, 0.1) is 17.3 Å². The number of aromatic nitrogens is 1. The van der Waals surface area contributed by atoms with E-state index < -0.39 is 0 Å². The number of aryl methyl sites for hydroxylation is 1. The molecule has 1 aromatic heterocycles. The van der Waals surface area contributed by atoms with E-state index in [1.165, 1.54) is 4.88 Å². The molecule has 1 aromatic carbocycles. The van der Waals surface area contributed by atoms with Crippen LogP contribution in [0.25, 0.3) is 11.3 Å². The first-order valence-corrected chi connectivity index (χ1v) is 7.46. The number of thiazole rings is 1. The van der Waals surface area contributed by atoms with Gasteiger partial charge in [0.2, 0.25) is 0 Å². The second kappa shape index (κ2) is 6.68. The number of hydrogen-bond donors (Lipinski definition) is 1. The molecule has 0 saturated carbocycles. The summed E-state index contributed by atoms with van der Waals surface area (Å²) in [6, 6.07) is 8.15. The Bertz CT molecular complexity index is 519. The average Bonchev–Trinajstić information content (AvgIpc) is 2.78. The van der Waals surface area contributed by atoms with E-state index in [-0.39, 0.29) is 0 Å². The Morgan fingerprint density at radius 2 is 2.00 bits per heavy atom. The van der Waals surface area contributed by atoms with E-state index in [0.29, 0.717) is 6.54 Å². The molecule has 102 valence electrons. The number of nitrogens with zero attached hydrogens (tertiary/aromatic N) is 1. The SMILES string of the molecule is CCCOc1ccc(-c2nc(C)sc2CCN)cc1. The average molecular weight is 276 g/mol. The lowest BCUT2D eigenvalue weighted by Gasteiger charge is -2.06. The van der Waals surface area contributed by atoms with E-state index in [4.69, 9.17) is 10.5 Å². The van der Waals surface area contributed by atoms with Crippen molar-refractivity contribution in [1.29, 1.82) is 0 Å². The predicted octanol–water partition coefficient (Wildman–Crippen LogP) is 3.41. The minimum absolute atomic E-state index is 0.659. The molecule has 0 unspecified atom stereocenters. The quantitative estimate of drug-likeness (QED) is 0.879. The normalized spacial score (nSPS) is 10.7. The standard InChI is InChI=1S/C15H20N2OS/c1-3-10-18-13-6-4-12(5-7-13)15-14(8-9-16)19-11(2)17-15/h4-7H,3,8-10,16H2,1-2H3. The number of ether oxygens (including phenoxy) is 1. The molecule has 4 heteroatoms. The van der Waals surface area contributed by atoms with Gasteiger partial charge in [-0.2, -0.15) is 0 Å². The predicted molar refractivity (Wildman–Crippen MR) is 80.8 cm³/mol. The highest BCUT2D eigenvalue weighted by Crippen LogP contribution is 2.29. The summed E-state index contributed by atoms with van der Waals surface area (Å²) < 4.78 is 5.59. The second-order valence-electron chi connectivity index (χ2n) is 4.42. The van der Waals surface area contributed by atoms with Crippen molar-refractivity contribution >= 4 is 11.3 Å². The molecule has 2 aromatic rings. The Kier molecular flexibility index (Phi) is 4.93. The van der Waals surface area contributed by atoms with Crippen molar-refractivity contribution in [1.82, 2.24) is 4.98 Å². The molecule has 0 saturated heterocycles. The Labute approximate surface area is 118 Å². The third-order valence-electron chi connectivity index (χ3n) is 2.78. The van der Waals surface area contributed by atoms with Crippen molar-refractivity contribution in [2.45, 2.75) is 26.7 Å². The van der Waals surface area contributed by atoms with Crippen molar-refractivity contribution in [2.24, 2.45) is 5.73 Å². The van der Waals surface area contributed by atoms with Crippen LogP contribution < -0.4 is 10.5 Å². The van der Waals surface area contributed by atoms with Gasteiger partial charge in [0.1, 0.15) is 5.75 Å². The summed E-state index contributed by atoms with van der Waals surface area (Å²) >= 11 is 1.73. The third-order valence-corrected chi connectivity index (χ3v) is 3.81. The van der Waals surface area contributed by atoms with Crippen LogP contribution in [0.3, 0.4) is 0 Å². The lowest BCUT2D eigenvalue weighted by atomic mass is 10.1. The van der Waals surface area contributed by atoms with E-state index in [1.54, 1.807) is 11.3 Å². The van der Waals surface area contributed by atoms with Crippen LogP contribution in [0.5, 0.6) is 5.75 Å². The van der Waals surface area contributed by atoms with E-state index in [1.807, 2.05) is 19.1 Å². The van der Waals surface area contributed by atoms with Crippen LogP contribution in [0.15, 0.2) is 24.3 Å². The lowest BCUT2D eigenvalue weighted by Crippen LogP contribution is -2.02. The van der Waals surface area contributed by atoms with Gasteiger partial charge in [-0.3, -0.25) is 0 Å². The second-order valence-corrected chi connectivity index (χ2v) is 5.70. The first-order valence-electron chi connectivity index (χ1n) is 6.64. The van der Waals surface area contributed by atoms with Crippen molar-refractivity contribution in [3.8, 4) is 17.0 Å². The molecular weight excluding hydrogens is 256 g/mol. The van der Waals surface area contributed by atoms with E-state index in [9.17, 15) is 0 Å². The van der Waals surface area contributed by atoms with Gasteiger partial charge in [-0.1, -0.05) is 6.92 Å². The Morgan fingerprint density at radius 3 is 2.63 bits per heavy atom. The fourth-order valence-corrected chi connectivity index (χ4v) is 2.90. The maximum absolute atomic E-state index is 5.65. The first-order chi connectivity index (χ1) is 9.24. The lowest BCUT2D eigenvalue weighted by molar-refractivity contribution is 0.317. The Morgan fingerprint density at radius 1 is 1.26 bits per heavy atom. The summed E-state index contributed by atoms with van der Waals surface area (Å²) in [7, 11) is 0. The largest absolute Gasteiger partial charge is 0.494 e. The highest BCUT2D eigenvalue weighted by atomic mass is 32.1. The van der Waals surface area contributed by atoms with Gasteiger partial charge in [-0.25, -0.2) is 4.98 Å². The number of rotatable bonds is 6. The molecule has 0 aliphatic carbocycles. The van der Waals surface area contributed by atoms with Crippen LogP contribution >= 0.6 is 11.3 Å². The topological polar surface area (TPSA) is 48.1 Å². The van der Waals surface area contributed by atoms with Gasteiger partial charge in [-0.15, -0.1) is 11.3 Å². The molecule has 0 atom stereocenters. The minimum Gasteiger partial charge on any atom is -0.494 e.